The van der Waals surface area contributed by atoms with E-state index in [-0.39, 0.29) is 0 Å². The number of benzene rings is 1. The van der Waals surface area contributed by atoms with Gasteiger partial charge in [0, 0.05) is 6.08 Å². The molecule has 1 rings (SSSR count). The lowest BCUT2D eigenvalue weighted by molar-refractivity contribution is -0.131. The predicted molar refractivity (Wildman–Crippen MR) is 68.8 cm³/mol. The van der Waals surface area contributed by atoms with E-state index < -0.39 is 5.97 Å². The summed E-state index contributed by atoms with van der Waals surface area (Å²) >= 11 is 11.9. The molecule has 0 amide bonds. The molecule has 17 heavy (non-hydrogen) atoms. The highest BCUT2D eigenvalue weighted by Gasteiger charge is 2.08. The normalized spacial score (nSPS) is 10.5. The monoisotopic (exact) mass is 272 g/mol. The second-order valence-electron chi connectivity index (χ2n) is 3.08. The summed E-state index contributed by atoms with van der Waals surface area (Å²) in [7, 11) is 0. The first-order valence-corrected chi connectivity index (χ1v) is 5.44. The number of carboxylic acids is 1. The maximum atomic E-state index is 10.4. The highest BCUT2D eigenvalue weighted by Crippen LogP contribution is 2.34. The third-order valence-electron chi connectivity index (χ3n) is 1.78. The van der Waals surface area contributed by atoms with Crippen LogP contribution in [0.25, 0.3) is 6.08 Å². The van der Waals surface area contributed by atoms with E-state index in [0.29, 0.717) is 28.0 Å². The number of rotatable bonds is 5. The molecule has 0 bridgehead atoms. The summed E-state index contributed by atoms with van der Waals surface area (Å²) in [4.78, 5) is 10.4. The molecule has 0 saturated carbocycles. The minimum atomic E-state index is -1.04. The lowest BCUT2D eigenvalue weighted by Crippen LogP contribution is -1.95. The summed E-state index contributed by atoms with van der Waals surface area (Å²) in [5.41, 5.74) is 0.591. The predicted octanol–water partition coefficient (Wildman–Crippen LogP) is 3.66. The quantitative estimate of drug-likeness (QED) is 0.657. The topological polar surface area (TPSA) is 46.5 Å². The van der Waals surface area contributed by atoms with Gasteiger partial charge in [0.1, 0.15) is 6.61 Å². The van der Waals surface area contributed by atoms with Gasteiger partial charge in [0.25, 0.3) is 0 Å². The van der Waals surface area contributed by atoms with Crippen molar-refractivity contribution < 1.29 is 14.6 Å². The molecule has 0 heterocycles. The average Bonchev–Trinajstić information content (AvgIpc) is 2.25. The van der Waals surface area contributed by atoms with Gasteiger partial charge in [-0.3, -0.25) is 0 Å². The number of hydrogen-bond acceptors (Lipinski definition) is 2. The molecule has 3 nitrogen and oxygen atoms in total. The van der Waals surface area contributed by atoms with Crippen LogP contribution < -0.4 is 4.74 Å². The first kappa shape index (κ1) is 13.6. The summed E-state index contributed by atoms with van der Waals surface area (Å²) in [5, 5.41) is 9.14. The van der Waals surface area contributed by atoms with Crippen molar-refractivity contribution in [2.45, 2.75) is 0 Å². The van der Waals surface area contributed by atoms with Gasteiger partial charge in [0.15, 0.2) is 5.75 Å². The molecule has 0 atom stereocenters. The Hall–Kier alpha value is -1.45. The van der Waals surface area contributed by atoms with Crippen molar-refractivity contribution in [3.63, 3.8) is 0 Å². The zero-order valence-electron chi connectivity index (χ0n) is 8.82. The Bertz CT molecular complexity index is 444. The molecular weight excluding hydrogens is 263 g/mol. The highest BCUT2D eigenvalue weighted by atomic mass is 35.5. The van der Waals surface area contributed by atoms with Crippen molar-refractivity contribution in [3.8, 4) is 5.75 Å². The number of halogens is 2. The number of hydrogen-bond donors (Lipinski definition) is 1. The van der Waals surface area contributed by atoms with E-state index in [1.54, 1.807) is 18.2 Å². The molecule has 0 aliphatic heterocycles. The number of carbonyl (C=O) groups is 1. The van der Waals surface area contributed by atoms with Crippen molar-refractivity contribution in [3.05, 3.63) is 46.5 Å². The summed E-state index contributed by atoms with van der Waals surface area (Å²) in [6.07, 6.45) is 3.98. The van der Waals surface area contributed by atoms with Gasteiger partial charge in [-0.05, 0) is 23.8 Å². The molecule has 0 unspecified atom stereocenters. The Labute approximate surface area is 109 Å². The molecule has 0 spiro atoms. The van der Waals surface area contributed by atoms with E-state index in [0.717, 1.165) is 6.08 Å². The van der Waals surface area contributed by atoms with Crippen molar-refractivity contribution in [2.24, 2.45) is 0 Å². The van der Waals surface area contributed by atoms with Gasteiger partial charge in [-0.25, -0.2) is 4.79 Å². The van der Waals surface area contributed by atoms with Crippen LogP contribution in [0, 0.1) is 0 Å². The average molecular weight is 273 g/mol. The molecule has 90 valence electrons. The first-order valence-electron chi connectivity index (χ1n) is 4.68. The van der Waals surface area contributed by atoms with Gasteiger partial charge in [-0.2, -0.15) is 0 Å². The molecule has 0 aliphatic carbocycles. The Kier molecular flexibility index (Phi) is 5.07. The molecule has 0 saturated heterocycles. The lowest BCUT2D eigenvalue weighted by atomic mass is 10.2. The molecule has 0 fully saturated rings. The fourth-order valence-electron chi connectivity index (χ4n) is 1.12. The molecule has 1 aromatic carbocycles. The van der Waals surface area contributed by atoms with Crippen LogP contribution in [0.4, 0.5) is 0 Å². The summed E-state index contributed by atoms with van der Waals surface area (Å²) in [5.74, 6) is -0.676. The zero-order chi connectivity index (χ0) is 12.8. The number of aliphatic carboxylic acids is 1. The summed E-state index contributed by atoms with van der Waals surface area (Å²) in [6.45, 7) is 3.81. The van der Waals surface area contributed by atoms with Crippen LogP contribution in [0.3, 0.4) is 0 Å². The van der Waals surface area contributed by atoms with Crippen LogP contribution in [-0.4, -0.2) is 17.7 Å². The van der Waals surface area contributed by atoms with E-state index in [4.69, 9.17) is 33.0 Å². The third-order valence-corrected chi connectivity index (χ3v) is 2.35. The van der Waals surface area contributed by atoms with Crippen molar-refractivity contribution in [1.82, 2.24) is 0 Å². The second kappa shape index (κ2) is 6.33. The van der Waals surface area contributed by atoms with E-state index in [1.807, 2.05) is 0 Å². The molecule has 1 aromatic rings. The van der Waals surface area contributed by atoms with Gasteiger partial charge in [0.05, 0.1) is 10.0 Å². The molecule has 0 aromatic heterocycles. The standard InChI is InChI=1S/C12H10Cl2O3/c1-2-5-17-12-9(13)6-8(7-10(12)14)3-4-11(15)16/h2-4,6-7H,1,5H2,(H,15,16)/b4-3+. The Morgan fingerprint density at radius 2 is 2.00 bits per heavy atom. The molecule has 5 heteroatoms. The van der Waals surface area contributed by atoms with E-state index in [2.05, 4.69) is 6.58 Å². The largest absolute Gasteiger partial charge is 0.486 e. The summed E-state index contributed by atoms with van der Waals surface area (Å²) in [6, 6.07) is 3.15. The van der Waals surface area contributed by atoms with Crippen LogP contribution in [-0.2, 0) is 4.79 Å². The molecule has 0 radical (unpaired) electrons. The van der Waals surface area contributed by atoms with Crippen LogP contribution in [0.1, 0.15) is 5.56 Å². The smallest absolute Gasteiger partial charge is 0.328 e. The van der Waals surface area contributed by atoms with Crippen molar-refractivity contribution >= 4 is 35.2 Å². The maximum Gasteiger partial charge on any atom is 0.328 e. The Balaban J connectivity index is 3.00. The highest BCUT2D eigenvalue weighted by molar-refractivity contribution is 6.37. The van der Waals surface area contributed by atoms with Gasteiger partial charge < -0.3 is 9.84 Å². The first-order chi connectivity index (χ1) is 8.04. The van der Waals surface area contributed by atoms with Crippen LogP contribution >= 0.6 is 23.2 Å². The van der Waals surface area contributed by atoms with Crippen LogP contribution in [0.2, 0.25) is 10.0 Å². The van der Waals surface area contributed by atoms with Crippen molar-refractivity contribution in [2.75, 3.05) is 6.61 Å². The van der Waals surface area contributed by atoms with Gasteiger partial charge in [0.2, 0.25) is 0 Å². The Morgan fingerprint density at radius 3 is 2.47 bits per heavy atom. The van der Waals surface area contributed by atoms with Crippen LogP contribution in [0.15, 0.2) is 30.9 Å². The fraction of sp³-hybridized carbons (Fsp3) is 0.0833. The van der Waals surface area contributed by atoms with E-state index in [9.17, 15) is 4.79 Å². The van der Waals surface area contributed by atoms with Gasteiger partial charge >= 0.3 is 5.97 Å². The molecule has 1 N–H and O–H groups in total. The Morgan fingerprint density at radius 1 is 1.41 bits per heavy atom. The third kappa shape index (κ3) is 4.13. The fourth-order valence-corrected chi connectivity index (χ4v) is 1.74. The minimum absolute atomic E-state index is 0.295. The SMILES string of the molecule is C=CCOc1c(Cl)cc(/C=C/C(=O)O)cc1Cl. The summed E-state index contributed by atoms with van der Waals surface area (Å²) < 4.78 is 5.27. The number of carboxylic acid groups (broad SMARTS) is 1. The van der Waals surface area contributed by atoms with E-state index in [1.165, 1.54) is 6.08 Å². The van der Waals surface area contributed by atoms with Crippen molar-refractivity contribution in [1.29, 1.82) is 0 Å². The van der Waals surface area contributed by atoms with Gasteiger partial charge in [-0.1, -0.05) is 35.9 Å². The molecular formula is C12H10Cl2O3. The lowest BCUT2D eigenvalue weighted by Gasteiger charge is -2.08. The number of ether oxygens (including phenoxy) is 1. The zero-order valence-corrected chi connectivity index (χ0v) is 10.3. The molecule has 0 aliphatic rings. The van der Waals surface area contributed by atoms with Gasteiger partial charge in [-0.15, -0.1) is 0 Å². The second-order valence-corrected chi connectivity index (χ2v) is 3.90. The minimum Gasteiger partial charge on any atom is -0.486 e. The maximum absolute atomic E-state index is 10.4. The van der Waals surface area contributed by atoms with Crippen LogP contribution in [0.5, 0.6) is 5.75 Å². The van der Waals surface area contributed by atoms with E-state index >= 15 is 0 Å².